The summed E-state index contributed by atoms with van der Waals surface area (Å²) in [6.07, 6.45) is 0.755. The fourth-order valence-electron chi connectivity index (χ4n) is 2.28. The summed E-state index contributed by atoms with van der Waals surface area (Å²) in [7, 11) is 0. The third-order valence-corrected chi connectivity index (χ3v) is 3.45. The first-order valence-corrected chi connectivity index (χ1v) is 7.67. The van der Waals surface area contributed by atoms with E-state index in [1.54, 1.807) is 17.0 Å². The van der Waals surface area contributed by atoms with Crippen LogP contribution in [-0.4, -0.2) is 27.1 Å². The molecule has 0 aliphatic heterocycles. The van der Waals surface area contributed by atoms with Gasteiger partial charge in [-0.1, -0.05) is 19.1 Å². The van der Waals surface area contributed by atoms with Crippen LogP contribution in [0.4, 0.5) is 4.39 Å². The third-order valence-electron chi connectivity index (χ3n) is 3.45. The zero-order valence-corrected chi connectivity index (χ0v) is 13.3. The minimum Gasteiger partial charge on any atom is -0.333 e. The highest BCUT2D eigenvalue weighted by atomic mass is 19.1. The smallest absolute Gasteiger partial charge is 0.274 e. The summed E-state index contributed by atoms with van der Waals surface area (Å²) in [5, 5.41) is 4.13. The van der Waals surface area contributed by atoms with Gasteiger partial charge in [0, 0.05) is 25.7 Å². The van der Waals surface area contributed by atoms with Gasteiger partial charge in [-0.25, -0.2) is 9.07 Å². The highest BCUT2D eigenvalue weighted by Crippen LogP contribution is 2.10. The van der Waals surface area contributed by atoms with E-state index in [9.17, 15) is 14.0 Å². The van der Waals surface area contributed by atoms with Gasteiger partial charge in [-0.3, -0.25) is 9.59 Å². The van der Waals surface area contributed by atoms with E-state index in [1.807, 2.05) is 13.8 Å². The molecule has 0 fully saturated rings. The molecule has 0 radical (unpaired) electrons. The van der Waals surface area contributed by atoms with E-state index >= 15 is 0 Å². The Morgan fingerprint density at radius 2 is 2.04 bits per heavy atom. The van der Waals surface area contributed by atoms with Crippen molar-refractivity contribution in [3.05, 3.63) is 63.8 Å². The topological polar surface area (TPSA) is 55.2 Å². The van der Waals surface area contributed by atoms with Gasteiger partial charge in [-0.05, 0) is 37.1 Å². The average molecular weight is 317 g/mol. The molecule has 0 N–H and O–H groups in total. The predicted molar refractivity (Wildman–Crippen MR) is 85.6 cm³/mol. The maximum atomic E-state index is 13.3. The Labute approximate surface area is 134 Å². The number of rotatable bonds is 6. The number of hydrogen-bond acceptors (Lipinski definition) is 3. The van der Waals surface area contributed by atoms with E-state index in [0.29, 0.717) is 25.2 Å². The van der Waals surface area contributed by atoms with Crippen molar-refractivity contribution >= 4 is 5.91 Å². The van der Waals surface area contributed by atoms with Gasteiger partial charge in [0.05, 0.1) is 0 Å². The lowest BCUT2D eigenvalue weighted by molar-refractivity contribution is 0.0743. The zero-order chi connectivity index (χ0) is 16.8. The minimum atomic E-state index is -0.333. The molecule has 0 atom stereocenters. The number of carbonyl (C=O) groups is 1. The highest BCUT2D eigenvalue weighted by Gasteiger charge is 2.17. The van der Waals surface area contributed by atoms with Crippen LogP contribution in [0.15, 0.2) is 41.2 Å². The van der Waals surface area contributed by atoms with E-state index < -0.39 is 0 Å². The molecule has 1 heterocycles. The Morgan fingerprint density at radius 1 is 1.26 bits per heavy atom. The molecule has 0 spiro atoms. The first-order valence-electron chi connectivity index (χ1n) is 7.67. The van der Waals surface area contributed by atoms with Crippen LogP contribution >= 0.6 is 0 Å². The average Bonchev–Trinajstić information content (AvgIpc) is 2.54. The zero-order valence-electron chi connectivity index (χ0n) is 13.3. The molecule has 0 unspecified atom stereocenters. The molecule has 1 aromatic carbocycles. The minimum absolute atomic E-state index is 0.219. The van der Waals surface area contributed by atoms with Crippen LogP contribution < -0.4 is 5.56 Å². The molecule has 2 rings (SSSR count). The van der Waals surface area contributed by atoms with Gasteiger partial charge in [-0.2, -0.15) is 5.10 Å². The summed E-state index contributed by atoms with van der Waals surface area (Å²) in [5.74, 6) is -0.609. The lowest BCUT2D eigenvalue weighted by atomic mass is 10.2. The molecule has 122 valence electrons. The van der Waals surface area contributed by atoms with E-state index in [-0.39, 0.29) is 23.0 Å². The third kappa shape index (κ3) is 4.25. The van der Waals surface area contributed by atoms with Gasteiger partial charge < -0.3 is 4.90 Å². The van der Waals surface area contributed by atoms with E-state index in [0.717, 1.165) is 6.42 Å². The lowest BCUT2D eigenvalue weighted by Crippen LogP contribution is -2.33. The summed E-state index contributed by atoms with van der Waals surface area (Å²) >= 11 is 0. The van der Waals surface area contributed by atoms with E-state index in [2.05, 4.69) is 5.10 Å². The molecule has 6 heteroatoms. The number of carbonyl (C=O) groups excluding carboxylic acids is 1. The Bertz CT molecular complexity index is 743. The maximum Gasteiger partial charge on any atom is 0.274 e. The Balaban J connectivity index is 2.22. The second kappa shape index (κ2) is 7.67. The van der Waals surface area contributed by atoms with Crippen molar-refractivity contribution in [3.8, 4) is 0 Å². The Hall–Kier alpha value is -2.50. The quantitative estimate of drug-likeness (QED) is 0.822. The molecule has 0 saturated carbocycles. The van der Waals surface area contributed by atoms with Crippen molar-refractivity contribution in [2.45, 2.75) is 33.4 Å². The SMILES string of the molecule is CCCn1nc(C(=O)N(CC)Cc2cccc(F)c2)ccc1=O. The molecular weight excluding hydrogens is 297 g/mol. The first-order chi connectivity index (χ1) is 11.0. The summed E-state index contributed by atoms with van der Waals surface area (Å²) < 4.78 is 14.6. The summed E-state index contributed by atoms with van der Waals surface area (Å²) in [5.41, 5.74) is 0.704. The van der Waals surface area contributed by atoms with Crippen LogP contribution in [-0.2, 0) is 13.1 Å². The molecule has 0 bridgehead atoms. The monoisotopic (exact) mass is 317 g/mol. The standard InChI is InChI=1S/C17H20FN3O2/c1-3-10-21-16(22)9-8-15(19-21)17(23)20(4-2)12-13-6-5-7-14(18)11-13/h5-9,11H,3-4,10,12H2,1-2H3. The largest absolute Gasteiger partial charge is 0.333 e. The normalized spacial score (nSPS) is 10.6. The van der Waals surface area contributed by atoms with Gasteiger partial charge in [-0.15, -0.1) is 0 Å². The van der Waals surface area contributed by atoms with Gasteiger partial charge in [0.1, 0.15) is 11.5 Å². The number of halogens is 1. The van der Waals surface area contributed by atoms with Gasteiger partial charge in [0.25, 0.3) is 11.5 Å². The number of hydrogen-bond donors (Lipinski definition) is 0. The van der Waals surface area contributed by atoms with Crippen molar-refractivity contribution in [2.24, 2.45) is 0 Å². The highest BCUT2D eigenvalue weighted by molar-refractivity contribution is 5.92. The molecule has 0 aliphatic carbocycles. The second-order valence-electron chi connectivity index (χ2n) is 5.23. The van der Waals surface area contributed by atoms with Crippen molar-refractivity contribution < 1.29 is 9.18 Å². The van der Waals surface area contributed by atoms with Crippen LogP contribution in [0, 0.1) is 5.82 Å². The first kappa shape index (κ1) is 16.9. The van der Waals surface area contributed by atoms with Crippen molar-refractivity contribution in [1.82, 2.24) is 14.7 Å². The number of amides is 1. The fraction of sp³-hybridized carbons (Fsp3) is 0.353. The molecule has 23 heavy (non-hydrogen) atoms. The maximum absolute atomic E-state index is 13.3. The second-order valence-corrected chi connectivity index (χ2v) is 5.23. The van der Waals surface area contributed by atoms with Crippen LogP contribution in [0.3, 0.4) is 0 Å². The number of aryl methyl sites for hydroxylation is 1. The van der Waals surface area contributed by atoms with Crippen LogP contribution in [0.2, 0.25) is 0 Å². The number of nitrogens with zero attached hydrogens (tertiary/aromatic N) is 3. The Kier molecular flexibility index (Phi) is 5.62. The molecule has 2 aromatic rings. The van der Waals surface area contributed by atoms with Gasteiger partial charge in [0.15, 0.2) is 0 Å². The van der Waals surface area contributed by atoms with Crippen LogP contribution in [0.5, 0.6) is 0 Å². The predicted octanol–water partition coefficient (Wildman–Crippen LogP) is 2.45. The fourth-order valence-corrected chi connectivity index (χ4v) is 2.28. The summed E-state index contributed by atoms with van der Waals surface area (Å²) in [6.45, 7) is 5.01. The van der Waals surface area contributed by atoms with Crippen LogP contribution in [0.1, 0.15) is 36.3 Å². The molecule has 1 amide bonds. The number of aromatic nitrogens is 2. The van der Waals surface area contributed by atoms with Crippen molar-refractivity contribution in [3.63, 3.8) is 0 Å². The van der Waals surface area contributed by atoms with Crippen molar-refractivity contribution in [1.29, 1.82) is 0 Å². The van der Waals surface area contributed by atoms with Crippen LogP contribution in [0.25, 0.3) is 0 Å². The molecule has 5 nitrogen and oxygen atoms in total. The van der Waals surface area contributed by atoms with E-state index in [1.165, 1.54) is 28.9 Å². The summed E-state index contributed by atoms with van der Waals surface area (Å²) in [4.78, 5) is 25.8. The molecule has 0 aliphatic rings. The van der Waals surface area contributed by atoms with Gasteiger partial charge >= 0.3 is 0 Å². The number of benzene rings is 1. The molecule has 0 saturated heterocycles. The van der Waals surface area contributed by atoms with Gasteiger partial charge in [0.2, 0.25) is 0 Å². The van der Waals surface area contributed by atoms with Crippen molar-refractivity contribution in [2.75, 3.05) is 6.54 Å². The Morgan fingerprint density at radius 3 is 2.70 bits per heavy atom. The lowest BCUT2D eigenvalue weighted by Gasteiger charge is -2.20. The molecule has 1 aromatic heterocycles. The summed E-state index contributed by atoms with van der Waals surface area (Å²) in [6, 6.07) is 8.94. The van der Waals surface area contributed by atoms with E-state index in [4.69, 9.17) is 0 Å². The molecular formula is C17H20FN3O2.